The Morgan fingerprint density at radius 2 is 1.71 bits per heavy atom. The first-order chi connectivity index (χ1) is 13.3. The summed E-state index contributed by atoms with van der Waals surface area (Å²) in [4.78, 5) is 43.0. The van der Waals surface area contributed by atoms with E-state index in [-0.39, 0.29) is 23.4 Å². The molecule has 0 aliphatic heterocycles. The summed E-state index contributed by atoms with van der Waals surface area (Å²) in [6.45, 7) is 7.20. The van der Waals surface area contributed by atoms with Crippen LogP contribution in [-0.2, 0) is 4.74 Å². The molecule has 1 aromatic heterocycles. The van der Waals surface area contributed by atoms with Gasteiger partial charge in [-0.3, -0.25) is 9.59 Å². The second kappa shape index (κ2) is 7.62. The number of nitrogens with one attached hydrogen (secondary N) is 1. The molecular formula is C22H26N2O4. The van der Waals surface area contributed by atoms with Crippen molar-refractivity contribution in [1.29, 1.82) is 0 Å². The molecule has 0 radical (unpaired) electrons. The molecule has 1 fully saturated rings. The molecule has 148 valence electrons. The molecule has 1 amide bonds. The molecule has 0 saturated heterocycles. The molecule has 0 bridgehead atoms. The Morgan fingerprint density at radius 3 is 2.25 bits per heavy atom. The summed E-state index contributed by atoms with van der Waals surface area (Å²) in [6, 6.07) is 6.84. The summed E-state index contributed by atoms with van der Waals surface area (Å²) in [5.74, 6) is -0.821. The number of ketones is 1. The van der Waals surface area contributed by atoms with Gasteiger partial charge in [-0.1, -0.05) is 17.7 Å². The van der Waals surface area contributed by atoms with Gasteiger partial charge in [0.2, 0.25) is 0 Å². The van der Waals surface area contributed by atoms with Crippen LogP contribution in [0.25, 0.3) is 0 Å². The molecular weight excluding hydrogens is 356 g/mol. The van der Waals surface area contributed by atoms with E-state index in [1.54, 1.807) is 37.8 Å². The zero-order valence-corrected chi connectivity index (χ0v) is 17.0. The fourth-order valence-electron chi connectivity index (χ4n) is 3.62. The summed E-state index contributed by atoms with van der Waals surface area (Å²) in [5, 5.41) is 0. The highest BCUT2D eigenvalue weighted by molar-refractivity contribution is 6.07. The molecule has 1 heterocycles. The van der Waals surface area contributed by atoms with Crippen molar-refractivity contribution in [3.05, 3.63) is 57.9 Å². The number of carbonyl (C=O) groups excluding carboxylic acids is 3. The first-order valence-corrected chi connectivity index (χ1v) is 9.47. The molecule has 0 spiro atoms. The van der Waals surface area contributed by atoms with Gasteiger partial charge in [0.05, 0.1) is 13.2 Å². The normalized spacial score (nSPS) is 14.5. The molecule has 1 aromatic carbocycles. The third-order valence-electron chi connectivity index (χ3n) is 5.34. The summed E-state index contributed by atoms with van der Waals surface area (Å²) in [5.41, 5.74) is 3.55. The van der Waals surface area contributed by atoms with Gasteiger partial charge >= 0.3 is 5.97 Å². The molecule has 1 saturated carbocycles. The third kappa shape index (κ3) is 3.59. The minimum Gasteiger partial charge on any atom is -0.464 e. The number of hydrogen-bond donors (Lipinski definition) is 1. The number of Topliss-reactive ketones (excluding diaryl/α,β-unsaturated/α-hetero) is 1. The lowest BCUT2D eigenvalue weighted by Gasteiger charge is -2.29. The van der Waals surface area contributed by atoms with Crippen molar-refractivity contribution in [3.63, 3.8) is 0 Å². The maximum atomic E-state index is 13.3. The molecule has 1 atom stereocenters. The van der Waals surface area contributed by atoms with Crippen LogP contribution >= 0.6 is 0 Å². The lowest BCUT2D eigenvalue weighted by molar-refractivity contribution is 0.0591. The lowest BCUT2D eigenvalue weighted by Crippen LogP contribution is -2.45. The highest BCUT2D eigenvalue weighted by atomic mass is 16.5. The van der Waals surface area contributed by atoms with Crippen molar-refractivity contribution in [3.8, 4) is 0 Å². The Hall–Kier alpha value is -2.89. The van der Waals surface area contributed by atoms with Gasteiger partial charge in [0.1, 0.15) is 5.69 Å². The molecule has 28 heavy (non-hydrogen) atoms. The highest BCUT2D eigenvalue weighted by Gasteiger charge is 2.40. The number of amides is 1. The van der Waals surface area contributed by atoms with Crippen LogP contribution in [0.2, 0.25) is 0 Å². The highest BCUT2D eigenvalue weighted by Crippen LogP contribution is 2.32. The third-order valence-corrected chi connectivity index (χ3v) is 5.34. The number of H-pyrrole nitrogens is 1. The predicted molar refractivity (Wildman–Crippen MR) is 106 cm³/mol. The van der Waals surface area contributed by atoms with Crippen molar-refractivity contribution >= 4 is 17.7 Å². The monoisotopic (exact) mass is 382 g/mol. The van der Waals surface area contributed by atoms with Gasteiger partial charge in [-0.25, -0.2) is 4.79 Å². The van der Waals surface area contributed by atoms with E-state index in [0.29, 0.717) is 22.4 Å². The number of aromatic nitrogens is 1. The van der Waals surface area contributed by atoms with Crippen LogP contribution in [-0.4, -0.2) is 46.7 Å². The van der Waals surface area contributed by atoms with Gasteiger partial charge < -0.3 is 14.6 Å². The van der Waals surface area contributed by atoms with E-state index in [1.807, 2.05) is 19.1 Å². The number of nitrogens with zero attached hydrogens (tertiary/aromatic N) is 1. The zero-order valence-electron chi connectivity index (χ0n) is 17.0. The van der Waals surface area contributed by atoms with E-state index in [1.165, 1.54) is 7.11 Å². The van der Waals surface area contributed by atoms with Gasteiger partial charge in [-0.15, -0.1) is 0 Å². The van der Waals surface area contributed by atoms with Crippen LogP contribution in [0.5, 0.6) is 0 Å². The Morgan fingerprint density at radius 1 is 1.11 bits per heavy atom. The number of benzene rings is 1. The average Bonchev–Trinajstić information content (AvgIpc) is 3.46. The lowest BCUT2D eigenvalue weighted by atomic mass is 9.99. The fraction of sp³-hybridized carbons (Fsp3) is 0.409. The van der Waals surface area contributed by atoms with Crippen molar-refractivity contribution in [1.82, 2.24) is 9.88 Å². The van der Waals surface area contributed by atoms with Crippen LogP contribution in [0.4, 0.5) is 0 Å². The van der Waals surface area contributed by atoms with E-state index in [2.05, 4.69) is 4.98 Å². The van der Waals surface area contributed by atoms with E-state index < -0.39 is 12.0 Å². The minimum atomic E-state index is -0.625. The largest absolute Gasteiger partial charge is 0.464 e. The number of hydrogen-bond acceptors (Lipinski definition) is 4. The average molecular weight is 382 g/mol. The van der Waals surface area contributed by atoms with Crippen LogP contribution in [0.15, 0.2) is 24.3 Å². The van der Waals surface area contributed by atoms with Crippen molar-refractivity contribution in [2.75, 3.05) is 7.11 Å². The van der Waals surface area contributed by atoms with Crippen LogP contribution in [0.3, 0.4) is 0 Å². The number of aromatic amines is 1. The number of methoxy groups -OCH3 is 1. The van der Waals surface area contributed by atoms with Gasteiger partial charge in [0.15, 0.2) is 5.78 Å². The number of aryl methyl sites for hydroxylation is 2. The van der Waals surface area contributed by atoms with Crippen LogP contribution in [0, 0.1) is 20.8 Å². The number of esters is 1. The van der Waals surface area contributed by atoms with Gasteiger partial charge in [0, 0.05) is 22.9 Å². The number of ether oxygens (including phenoxy) is 1. The Bertz CT molecular complexity index is 923. The minimum absolute atomic E-state index is 0.0763. The first kappa shape index (κ1) is 19.9. The number of carbonyl (C=O) groups is 3. The van der Waals surface area contributed by atoms with Crippen molar-refractivity contribution in [2.45, 2.75) is 52.6 Å². The summed E-state index contributed by atoms with van der Waals surface area (Å²) in [7, 11) is 1.30. The van der Waals surface area contributed by atoms with Gasteiger partial charge in [-0.2, -0.15) is 0 Å². The molecule has 1 N–H and O–H groups in total. The van der Waals surface area contributed by atoms with Crippen molar-refractivity contribution in [2.24, 2.45) is 0 Å². The SMILES string of the molecule is COC(=O)c1[nH]c(C)c(C(=O)C(C)N(C(=O)c2ccc(C)cc2)C2CC2)c1C. The van der Waals surface area contributed by atoms with Crippen LogP contribution in [0.1, 0.15) is 67.8 Å². The van der Waals surface area contributed by atoms with E-state index in [0.717, 1.165) is 18.4 Å². The Balaban J connectivity index is 1.92. The van der Waals surface area contributed by atoms with Crippen LogP contribution < -0.4 is 0 Å². The summed E-state index contributed by atoms with van der Waals surface area (Å²) in [6.07, 6.45) is 1.79. The Kier molecular flexibility index (Phi) is 5.40. The topological polar surface area (TPSA) is 79.5 Å². The first-order valence-electron chi connectivity index (χ1n) is 9.47. The quantitative estimate of drug-likeness (QED) is 0.611. The molecule has 2 aromatic rings. The van der Waals surface area contributed by atoms with Gasteiger partial charge in [-0.05, 0) is 58.2 Å². The second-order valence-electron chi connectivity index (χ2n) is 7.47. The molecule has 1 unspecified atom stereocenters. The zero-order chi connectivity index (χ0) is 20.6. The molecule has 1 aliphatic carbocycles. The fourth-order valence-corrected chi connectivity index (χ4v) is 3.62. The standard InChI is InChI=1S/C22H26N2O4/c1-12-6-8-16(9-7-12)21(26)24(17-10-11-17)15(4)20(25)18-13(2)19(22(27)28-5)23-14(18)3/h6-9,15,17,23H,10-11H2,1-5H3. The maximum Gasteiger partial charge on any atom is 0.354 e. The smallest absolute Gasteiger partial charge is 0.354 e. The summed E-state index contributed by atoms with van der Waals surface area (Å²) < 4.78 is 4.78. The Labute approximate surface area is 164 Å². The van der Waals surface area contributed by atoms with Gasteiger partial charge in [0.25, 0.3) is 5.91 Å². The molecule has 3 rings (SSSR count). The summed E-state index contributed by atoms with van der Waals surface area (Å²) >= 11 is 0. The molecule has 6 nitrogen and oxygen atoms in total. The van der Waals surface area contributed by atoms with E-state index in [9.17, 15) is 14.4 Å². The molecule has 1 aliphatic rings. The van der Waals surface area contributed by atoms with E-state index >= 15 is 0 Å². The van der Waals surface area contributed by atoms with E-state index in [4.69, 9.17) is 4.74 Å². The predicted octanol–water partition coefficient (Wildman–Crippen LogP) is 3.60. The number of rotatable bonds is 6. The van der Waals surface area contributed by atoms with Crippen molar-refractivity contribution < 1.29 is 19.1 Å². The maximum absolute atomic E-state index is 13.3. The molecule has 6 heteroatoms. The second-order valence-corrected chi connectivity index (χ2v) is 7.47.